The van der Waals surface area contributed by atoms with Crippen LogP contribution in [-0.4, -0.2) is 62.4 Å². The molecule has 0 radical (unpaired) electrons. The number of rotatable bonds is 49. The fourth-order valence-corrected chi connectivity index (χ4v) is 8.75. The van der Waals surface area contributed by atoms with Crippen LogP contribution in [0, 0.1) is 11.8 Å². The maximum absolute atomic E-state index is 12.4. The molecule has 0 saturated carbocycles. The van der Waals surface area contributed by atoms with Crippen molar-refractivity contribution in [1.29, 1.82) is 0 Å². The second-order valence-electron chi connectivity index (χ2n) is 19.5. The lowest BCUT2D eigenvalue weighted by atomic mass is 9.92. The van der Waals surface area contributed by atoms with E-state index in [1.165, 1.54) is 186 Å². The highest BCUT2D eigenvalue weighted by Gasteiger charge is 2.13. The van der Waals surface area contributed by atoms with Gasteiger partial charge in [-0.05, 0) is 90.6 Å². The van der Waals surface area contributed by atoms with Crippen molar-refractivity contribution < 1.29 is 23.8 Å². The first-order valence-corrected chi connectivity index (χ1v) is 27.4. The van der Waals surface area contributed by atoms with Gasteiger partial charge < -0.3 is 19.1 Å². The minimum Gasteiger partial charge on any atom is -0.466 e. The van der Waals surface area contributed by atoms with Gasteiger partial charge in [0.05, 0.1) is 19.3 Å². The molecule has 0 saturated heterocycles. The molecule has 0 rings (SSSR count). The number of carbonyl (C=O) groups excluding carboxylic acids is 2. The second-order valence-corrected chi connectivity index (χ2v) is 19.5. The third kappa shape index (κ3) is 42.6. The van der Waals surface area contributed by atoms with E-state index in [2.05, 4.69) is 53.5 Å². The summed E-state index contributed by atoms with van der Waals surface area (Å²) in [5.41, 5.74) is 0. The summed E-state index contributed by atoms with van der Waals surface area (Å²) in [6.45, 7) is 16.9. The summed E-state index contributed by atoms with van der Waals surface area (Å²) in [6, 6.07) is 0.600. The molecule has 0 aromatic heterocycles. The van der Waals surface area contributed by atoms with Gasteiger partial charge in [0, 0.05) is 25.5 Å². The maximum atomic E-state index is 12.4. The van der Waals surface area contributed by atoms with Gasteiger partial charge in [-0.25, -0.2) is 0 Å². The fraction of sp³-hybridized carbons (Fsp3) is 0.964. The Labute approximate surface area is 382 Å². The number of nitrogens with zero attached hydrogens (tertiary/aromatic N) is 1. The Morgan fingerprint density at radius 2 is 0.738 bits per heavy atom. The normalized spacial score (nSPS) is 11.9. The Bertz CT molecular complexity index is 831. The zero-order valence-electron chi connectivity index (χ0n) is 42.5. The molecule has 6 nitrogen and oxygen atoms in total. The molecule has 0 bridgehead atoms. The predicted octanol–water partition coefficient (Wildman–Crippen LogP) is 16.9. The second kappa shape index (κ2) is 46.8. The maximum Gasteiger partial charge on any atom is 0.305 e. The summed E-state index contributed by atoms with van der Waals surface area (Å²) in [5, 5.41) is 0. The fourth-order valence-electron chi connectivity index (χ4n) is 8.75. The summed E-state index contributed by atoms with van der Waals surface area (Å²) in [6.07, 6.45) is 46.0. The van der Waals surface area contributed by atoms with Crippen LogP contribution in [0.2, 0.25) is 0 Å². The third-order valence-corrected chi connectivity index (χ3v) is 13.4. The van der Waals surface area contributed by atoms with Crippen molar-refractivity contribution in [3.05, 3.63) is 0 Å². The van der Waals surface area contributed by atoms with E-state index in [9.17, 15) is 9.59 Å². The molecule has 0 aliphatic heterocycles. The Kier molecular flexibility index (Phi) is 46.0. The first-order chi connectivity index (χ1) is 29.8. The van der Waals surface area contributed by atoms with Crippen molar-refractivity contribution in [1.82, 2.24) is 4.90 Å². The molecule has 0 heterocycles. The van der Waals surface area contributed by atoms with E-state index >= 15 is 0 Å². The van der Waals surface area contributed by atoms with Gasteiger partial charge in [0.2, 0.25) is 0 Å². The van der Waals surface area contributed by atoms with E-state index in [1.807, 2.05) is 0 Å². The molecule has 0 aromatic carbocycles. The molecule has 0 N–H and O–H groups in total. The average Bonchev–Trinajstić information content (AvgIpc) is 3.24. The molecule has 0 atom stereocenters. The van der Waals surface area contributed by atoms with Crippen LogP contribution in [0.5, 0.6) is 0 Å². The minimum atomic E-state index is 0.0116. The molecular formula is C55H109NO5. The van der Waals surface area contributed by atoms with Gasteiger partial charge in [-0.15, -0.1) is 0 Å². The number of ether oxygens (including phenoxy) is 3. The number of hydrogen-bond donors (Lipinski definition) is 0. The molecule has 61 heavy (non-hydrogen) atoms. The molecule has 0 aliphatic carbocycles. The smallest absolute Gasteiger partial charge is 0.305 e. The molecule has 364 valence electrons. The van der Waals surface area contributed by atoms with Crippen molar-refractivity contribution in [3.8, 4) is 0 Å². The van der Waals surface area contributed by atoms with Crippen molar-refractivity contribution in [2.45, 2.75) is 298 Å². The van der Waals surface area contributed by atoms with E-state index in [0.717, 1.165) is 69.9 Å². The molecule has 0 aliphatic rings. The molecule has 6 heteroatoms. The van der Waals surface area contributed by atoms with Gasteiger partial charge >= 0.3 is 11.9 Å². The van der Waals surface area contributed by atoms with Crippen LogP contribution in [0.15, 0.2) is 0 Å². The van der Waals surface area contributed by atoms with Crippen LogP contribution in [0.25, 0.3) is 0 Å². The highest BCUT2D eigenvalue weighted by Crippen LogP contribution is 2.23. The topological polar surface area (TPSA) is 65.1 Å². The van der Waals surface area contributed by atoms with E-state index in [1.54, 1.807) is 0 Å². The predicted molar refractivity (Wildman–Crippen MR) is 265 cm³/mol. The van der Waals surface area contributed by atoms with Crippen molar-refractivity contribution in [3.63, 3.8) is 0 Å². The van der Waals surface area contributed by atoms with Gasteiger partial charge in [-0.2, -0.15) is 0 Å². The Hall–Kier alpha value is -1.14. The zero-order valence-corrected chi connectivity index (χ0v) is 42.5. The minimum absolute atomic E-state index is 0.0116. The van der Waals surface area contributed by atoms with Crippen molar-refractivity contribution >= 4 is 11.9 Å². The monoisotopic (exact) mass is 864 g/mol. The number of hydrogen-bond acceptors (Lipinski definition) is 6. The quantitative estimate of drug-likeness (QED) is 0.0448. The van der Waals surface area contributed by atoms with Gasteiger partial charge in [0.25, 0.3) is 0 Å². The van der Waals surface area contributed by atoms with Gasteiger partial charge in [-0.3, -0.25) is 9.59 Å². The highest BCUT2D eigenvalue weighted by atomic mass is 16.5. The highest BCUT2D eigenvalue weighted by molar-refractivity contribution is 5.69. The summed E-state index contributed by atoms with van der Waals surface area (Å²) in [7, 11) is 2.22. The van der Waals surface area contributed by atoms with Crippen LogP contribution in [-0.2, 0) is 23.8 Å². The Balaban J connectivity index is 4.23. The summed E-state index contributed by atoms with van der Waals surface area (Å²) in [5.74, 6) is 1.47. The van der Waals surface area contributed by atoms with Crippen LogP contribution < -0.4 is 0 Å². The molecule has 0 amide bonds. The average molecular weight is 864 g/mol. The largest absolute Gasteiger partial charge is 0.466 e. The zero-order chi connectivity index (χ0) is 44.9. The lowest BCUT2D eigenvalue weighted by molar-refractivity contribution is -0.145. The number of unbranched alkanes of at least 4 members (excludes halogenated alkanes) is 21. The summed E-state index contributed by atoms with van der Waals surface area (Å²) < 4.78 is 17.8. The van der Waals surface area contributed by atoms with E-state index < -0.39 is 0 Å². The first kappa shape index (κ1) is 59.9. The van der Waals surface area contributed by atoms with Crippen LogP contribution in [0.3, 0.4) is 0 Å². The lowest BCUT2D eigenvalue weighted by Gasteiger charge is -2.21. The molecule has 0 aromatic rings. The standard InChI is InChI=1S/C55H109NO5/c1-8-12-26-36-51(37-27-13-9-2)44-48-60-54(57)42-32-24-20-16-18-22-30-40-53(59-47-35-34-46-56(7)50(5)6)41-31-23-19-17-21-25-33-43-55(58)61-49-45-52(38-28-14-10-3)39-29-15-11-4/h50-53H,8-49H2,1-7H3. The van der Waals surface area contributed by atoms with Crippen LogP contribution in [0.4, 0.5) is 0 Å². The molecule has 0 fully saturated rings. The van der Waals surface area contributed by atoms with Gasteiger partial charge in [0.15, 0.2) is 0 Å². The van der Waals surface area contributed by atoms with Crippen LogP contribution in [0.1, 0.15) is 286 Å². The van der Waals surface area contributed by atoms with E-state index in [-0.39, 0.29) is 11.9 Å². The first-order valence-electron chi connectivity index (χ1n) is 27.4. The Morgan fingerprint density at radius 3 is 1.10 bits per heavy atom. The van der Waals surface area contributed by atoms with E-state index in [0.29, 0.717) is 38.2 Å². The summed E-state index contributed by atoms with van der Waals surface area (Å²) in [4.78, 5) is 27.2. The number of carbonyl (C=O) groups is 2. The van der Waals surface area contributed by atoms with Gasteiger partial charge in [-0.1, -0.05) is 207 Å². The SMILES string of the molecule is CCCCCC(CCCCC)CCOC(=O)CCCCCCCCCC(CCCCCCCCCC(=O)OCCC(CCCCC)CCCCC)OCCCCN(C)C(C)C. The number of esters is 2. The Morgan fingerprint density at radius 1 is 0.393 bits per heavy atom. The van der Waals surface area contributed by atoms with Crippen molar-refractivity contribution in [2.24, 2.45) is 11.8 Å². The summed E-state index contributed by atoms with van der Waals surface area (Å²) >= 11 is 0. The van der Waals surface area contributed by atoms with Gasteiger partial charge in [0.1, 0.15) is 0 Å². The third-order valence-electron chi connectivity index (χ3n) is 13.4. The lowest BCUT2D eigenvalue weighted by Crippen LogP contribution is -2.27. The molecule has 0 unspecified atom stereocenters. The van der Waals surface area contributed by atoms with Crippen LogP contribution >= 0.6 is 0 Å². The van der Waals surface area contributed by atoms with E-state index in [4.69, 9.17) is 14.2 Å². The molecule has 0 spiro atoms. The van der Waals surface area contributed by atoms with Crippen molar-refractivity contribution in [2.75, 3.05) is 33.4 Å². The molecular weight excluding hydrogens is 755 g/mol.